The van der Waals surface area contributed by atoms with Gasteiger partial charge >= 0.3 is 0 Å². The average molecular weight is 283 g/mol. The predicted molar refractivity (Wildman–Crippen MR) is 86.5 cm³/mol. The van der Waals surface area contributed by atoms with Gasteiger partial charge in [-0.05, 0) is 18.4 Å². The number of furan rings is 1. The van der Waals surface area contributed by atoms with Gasteiger partial charge in [-0.1, -0.05) is 39.0 Å². The average Bonchev–Trinajstić information content (AvgIpc) is 3.08. The lowest BCUT2D eigenvalue weighted by Crippen LogP contribution is -2.07. The predicted octanol–water partition coefficient (Wildman–Crippen LogP) is 4.45. The van der Waals surface area contributed by atoms with Crippen LogP contribution < -0.4 is 5.32 Å². The summed E-state index contributed by atoms with van der Waals surface area (Å²) in [7, 11) is 0. The van der Waals surface area contributed by atoms with E-state index in [0.717, 1.165) is 35.8 Å². The highest BCUT2D eigenvalue weighted by molar-refractivity contribution is 5.87. The molecule has 0 fully saturated rings. The van der Waals surface area contributed by atoms with Crippen molar-refractivity contribution in [3.63, 3.8) is 0 Å². The Bertz CT molecular complexity index is 739. The quantitative estimate of drug-likeness (QED) is 0.727. The molecule has 3 aromatic rings. The van der Waals surface area contributed by atoms with E-state index in [0.29, 0.717) is 5.92 Å². The smallest absolute Gasteiger partial charge is 0.156 e. The number of anilines is 1. The molecular weight excluding hydrogens is 262 g/mol. The van der Waals surface area contributed by atoms with Crippen LogP contribution in [0.15, 0.2) is 34.7 Å². The molecule has 2 heterocycles. The molecule has 0 aliphatic heterocycles. The first kappa shape index (κ1) is 13.7. The number of aryl methyl sites for hydroxylation is 1. The van der Waals surface area contributed by atoms with E-state index in [-0.39, 0.29) is 0 Å². The van der Waals surface area contributed by atoms with E-state index >= 15 is 0 Å². The summed E-state index contributed by atoms with van der Waals surface area (Å²) in [6, 6.07) is 10.2. The maximum Gasteiger partial charge on any atom is 0.156 e. The van der Waals surface area contributed by atoms with Crippen LogP contribution in [-0.4, -0.2) is 16.7 Å². The monoisotopic (exact) mass is 283 g/mol. The largest absolute Gasteiger partial charge is 0.454 e. The molecule has 0 aliphatic carbocycles. The van der Waals surface area contributed by atoms with Gasteiger partial charge < -0.3 is 9.73 Å². The Morgan fingerprint density at radius 1 is 1.29 bits per heavy atom. The SMILES string of the molecule is CCc1c(-c2cc(NCC(C)C)n[nH]2)oc2ccccc12. The molecule has 0 bridgehead atoms. The number of benzene rings is 1. The van der Waals surface area contributed by atoms with E-state index in [2.05, 4.69) is 42.4 Å². The summed E-state index contributed by atoms with van der Waals surface area (Å²) in [4.78, 5) is 0. The minimum absolute atomic E-state index is 0.586. The normalized spacial score (nSPS) is 11.4. The lowest BCUT2D eigenvalue weighted by molar-refractivity contribution is 0.624. The van der Waals surface area contributed by atoms with Gasteiger partial charge in [0.1, 0.15) is 17.1 Å². The van der Waals surface area contributed by atoms with Gasteiger partial charge in [0.25, 0.3) is 0 Å². The van der Waals surface area contributed by atoms with Crippen molar-refractivity contribution in [2.75, 3.05) is 11.9 Å². The number of hydrogen-bond acceptors (Lipinski definition) is 3. The first-order valence-electron chi connectivity index (χ1n) is 7.49. The van der Waals surface area contributed by atoms with Crippen LogP contribution in [0.1, 0.15) is 26.3 Å². The number of para-hydroxylation sites is 1. The number of aromatic amines is 1. The first-order valence-corrected chi connectivity index (χ1v) is 7.49. The molecule has 0 saturated heterocycles. The fourth-order valence-electron chi connectivity index (χ4n) is 2.50. The van der Waals surface area contributed by atoms with Crippen LogP contribution in [0.2, 0.25) is 0 Å². The molecule has 0 amide bonds. The molecule has 0 aliphatic rings. The van der Waals surface area contributed by atoms with Gasteiger partial charge in [0.15, 0.2) is 5.76 Å². The summed E-state index contributed by atoms with van der Waals surface area (Å²) < 4.78 is 6.02. The van der Waals surface area contributed by atoms with Crippen LogP contribution in [0.3, 0.4) is 0 Å². The second-order valence-corrected chi connectivity index (χ2v) is 5.70. The van der Waals surface area contributed by atoms with Crippen molar-refractivity contribution >= 4 is 16.8 Å². The molecule has 3 rings (SSSR count). The lowest BCUT2D eigenvalue weighted by atomic mass is 10.1. The third-order valence-electron chi connectivity index (χ3n) is 3.57. The van der Waals surface area contributed by atoms with Crippen LogP contribution in [0.25, 0.3) is 22.4 Å². The summed E-state index contributed by atoms with van der Waals surface area (Å²) in [5.41, 5.74) is 3.08. The van der Waals surface area contributed by atoms with Crippen LogP contribution >= 0.6 is 0 Å². The lowest BCUT2D eigenvalue weighted by Gasteiger charge is -2.04. The highest BCUT2D eigenvalue weighted by atomic mass is 16.3. The van der Waals surface area contributed by atoms with Gasteiger partial charge in [0.2, 0.25) is 0 Å². The second-order valence-electron chi connectivity index (χ2n) is 5.70. The van der Waals surface area contributed by atoms with Crippen molar-refractivity contribution in [2.24, 2.45) is 5.92 Å². The number of H-pyrrole nitrogens is 1. The Morgan fingerprint density at radius 2 is 2.10 bits per heavy atom. The minimum atomic E-state index is 0.586. The van der Waals surface area contributed by atoms with Crippen molar-refractivity contribution < 1.29 is 4.42 Å². The number of nitrogens with one attached hydrogen (secondary N) is 2. The van der Waals surface area contributed by atoms with E-state index in [4.69, 9.17) is 4.42 Å². The molecular formula is C17H21N3O. The van der Waals surface area contributed by atoms with Crippen molar-refractivity contribution in [1.29, 1.82) is 0 Å². The van der Waals surface area contributed by atoms with Gasteiger partial charge in [-0.25, -0.2) is 0 Å². The highest BCUT2D eigenvalue weighted by Crippen LogP contribution is 2.33. The van der Waals surface area contributed by atoms with E-state index in [1.807, 2.05) is 24.3 Å². The zero-order valence-corrected chi connectivity index (χ0v) is 12.7. The molecule has 0 saturated carbocycles. The van der Waals surface area contributed by atoms with E-state index in [1.54, 1.807) is 0 Å². The summed E-state index contributed by atoms with van der Waals surface area (Å²) in [5.74, 6) is 2.34. The van der Waals surface area contributed by atoms with Crippen LogP contribution in [0.4, 0.5) is 5.82 Å². The topological polar surface area (TPSA) is 53.9 Å². The summed E-state index contributed by atoms with van der Waals surface area (Å²) in [6.45, 7) is 7.41. The Kier molecular flexibility index (Phi) is 3.69. The van der Waals surface area contributed by atoms with E-state index in [9.17, 15) is 0 Å². The maximum atomic E-state index is 6.02. The molecule has 0 radical (unpaired) electrons. The minimum Gasteiger partial charge on any atom is -0.454 e. The number of nitrogens with zero attached hydrogens (tertiary/aromatic N) is 1. The molecule has 0 spiro atoms. The molecule has 0 unspecified atom stereocenters. The Morgan fingerprint density at radius 3 is 2.86 bits per heavy atom. The second kappa shape index (κ2) is 5.64. The molecule has 110 valence electrons. The molecule has 21 heavy (non-hydrogen) atoms. The fourth-order valence-corrected chi connectivity index (χ4v) is 2.50. The van der Waals surface area contributed by atoms with Gasteiger partial charge in [-0.15, -0.1) is 0 Å². The summed E-state index contributed by atoms with van der Waals surface area (Å²) in [5, 5.41) is 11.9. The standard InChI is InChI=1S/C17H21N3O/c1-4-12-13-7-5-6-8-15(13)21-17(12)14-9-16(20-19-14)18-10-11(2)3/h5-9,11H,4,10H2,1-3H3,(H2,18,19,20). The zero-order valence-electron chi connectivity index (χ0n) is 12.7. The van der Waals surface area contributed by atoms with Crippen LogP contribution in [0.5, 0.6) is 0 Å². The number of aromatic nitrogens is 2. The highest BCUT2D eigenvalue weighted by Gasteiger charge is 2.16. The van der Waals surface area contributed by atoms with Crippen molar-refractivity contribution in [3.8, 4) is 11.5 Å². The third kappa shape index (κ3) is 2.66. The van der Waals surface area contributed by atoms with Crippen LogP contribution in [-0.2, 0) is 6.42 Å². The summed E-state index contributed by atoms with van der Waals surface area (Å²) in [6.07, 6.45) is 0.931. The molecule has 4 heteroatoms. The first-order chi connectivity index (χ1) is 10.2. The Labute approximate surface area is 124 Å². The summed E-state index contributed by atoms with van der Waals surface area (Å²) >= 11 is 0. The van der Waals surface area contributed by atoms with Crippen molar-refractivity contribution in [2.45, 2.75) is 27.2 Å². The van der Waals surface area contributed by atoms with E-state index < -0.39 is 0 Å². The van der Waals surface area contributed by atoms with Gasteiger partial charge in [-0.2, -0.15) is 5.10 Å². The number of fused-ring (bicyclic) bond motifs is 1. The molecule has 4 nitrogen and oxygen atoms in total. The Balaban J connectivity index is 1.96. The van der Waals surface area contributed by atoms with Crippen molar-refractivity contribution in [1.82, 2.24) is 10.2 Å². The van der Waals surface area contributed by atoms with Gasteiger partial charge in [-0.3, -0.25) is 5.10 Å². The third-order valence-corrected chi connectivity index (χ3v) is 3.57. The molecule has 2 N–H and O–H groups in total. The number of rotatable bonds is 5. The van der Waals surface area contributed by atoms with Crippen LogP contribution in [0, 0.1) is 5.92 Å². The molecule has 1 aromatic carbocycles. The molecule has 2 aromatic heterocycles. The molecule has 0 atom stereocenters. The van der Waals surface area contributed by atoms with Crippen molar-refractivity contribution in [3.05, 3.63) is 35.9 Å². The zero-order chi connectivity index (χ0) is 14.8. The van der Waals surface area contributed by atoms with Gasteiger partial charge in [0.05, 0.1) is 0 Å². The maximum absolute atomic E-state index is 6.02. The fraction of sp³-hybridized carbons (Fsp3) is 0.353. The van der Waals surface area contributed by atoms with E-state index in [1.165, 1.54) is 10.9 Å². The number of hydrogen-bond donors (Lipinski definition) is 2. The Hall–Kier alpha value is -2.23. The van der Waals surface area contributed by atoms with Gasteiger partial charge in [0, 0.05) is 23.6 Å².